The summed E-state index contributed by atoms with van der Waals surface area (Å²) in [6.07, 6.45) is 3.59. The second kappa shape index (κ2) is 5.55. The van der Waals surface area contributed by atoms with Crippen molar-refractivity contribution in [3.8, 4) is 0 Å². The zero-order valence-corrected chi connectivity index (χ0v) is 11.6. The molecule has 0 saturated heterocycles. The summed E-state index contributed by atoms with van der Waals surface area (Å²) in [5.74, 6) is 0. The number of nitrogens with zero attached hydrogens (tertiary/aromatic N) is 2. The van der Waals surface area contributed by atoms with E-state index in [4.69, 9.17) is 0 Å². The molecule has 0 fully saturated rings. The molecular formula is C12H10Br2N2. The van der Waals surface area contributed by atoms with Gasteiger partial charge in [-0.05, 0) is 24.3 Å². The summed E-state index contributed by atoms with van der Waals surface area (Å²) < 4.78 is 0. The summed E-state index contributed by atoms with van der Waals surface area (Å²) in [6, 6.07) is 11.8. The van der Waals surface area contributed by atoms with Crippen LogP contribution in [0.4, 0.5) is 0 Å². The smallest absolute Gasteiger partial charge is 0.0749 e. The first kappa shape index (κ1) is 11.7. The second-order valence-corrected chi connectivity index (χ2v) is 5.29. The Morgan fingerprint density at radius 3 is 1.50 bits per heavy atom. The summed E-state index contributed by atoms with van der Waals surface area (Å²) >= 11 is 7.28. The molecule has 4 heteroatoms. The largest absolute Gasteiger partial charge is 0.260 e. The first-order valence-corrected chi connectivity index (χ1v) is 6.72. The molecule has 82 valence electrons. The van der Waals surface area contributed by atoms with E-state index in [1.165, 1.54) is 0 Å². The van der Waals surface area contributed by atoms with E-state index in [9.17, 15) is 0 Å². The van der Waals surface area contributed by atoms with Crippen molar-refractivity contribution >= 4 is 31.9 Å². The zero-order valence-electron chi connectivity index (χ0n) is 8.42. The van der Waals surface area contributed by atoms with Gasteiger partial charge in [-0.15, -0.1) is 0 Å². The molecule has 0 bridgehead atoms. The zero-order chi connectivity index (χ0) is 11.4. The molecule has 2 aromatic rings. The van der Waals surface area contributed by atoms with Crippen molar-refractivity contribution in [1.82, 2.24) is 9.97 Å². The number of pyridine rings is 2. The quantitative estimate of drug-likeness (QED) is 0.787. The minimum Gasteiger partial charge on any atom is -0.260 e. The first-order chi connectivity index (χ1) is 7.79. The minimum atomic E-state index is 0.114. The minimum absolute atomic E-state index is 0.114. The number of aromatic nitrogens is 2. The van der Waals surface area contributed by atoms with Crippen LogP contribution in [0.2, 0.25) is 0 Å². The SMILES string of the molecule is BrC(c1ccccn1)C(Br)c1ccccn1. The molecule has 0 N–H and O–H groups in total. The van der Waals surface area contributed by atoms with E-state index < -0.39 is 0 Å². The highest BCUT2D eigenvalue weighted by Gasteiger charge is 2.21. The molecular weight excluding hydrogens is 332 g/mol. The predicted molar refractivity (Wildman–Crippen MR) is 71.8 cm³/mol. The van der Waals surface area contributed by atoms with Crippen LogP contribution in [0, 0.1) is 0 Å². The van der Waals surface area contributed by atoms with Gasteiger partial charge in [0.15, 0.2) is 0 Å². The van der Waals surface area contributed by atoms with Crippen LogP contribution in [0.1, 0.15) is 21.0 Å². The molecule has 0 spiro atoms. The Morgan fingerprint density at radius 2 is 1.19 bits per heavy atom. The van der Waals surface area contributed by atoms with Gasteiger partial charge in [-0.25, -0.2) is 0 Å². The number of halogens is 2. The summed E-state index contributed by atoms with van der Waals surface area (Å²) in [7, 11) is 0. The fourth-order valence-corrected chi connectivity index (χ4v) is 2.46. The van der Waals surface area contributed by atoms with Crippen molar-refractivity contribution in [2.24, 2.45) is 0 Å². The monoisotopic (exact) mass is 340 g/mol. The van der Waals surface area contributed by atoms with E-state index in [2.05, 4.69) is 41.8 Å². The van der Waals surface area contributed by atoms with E-state index in [0.717, 1.165) is 11.4 Å². The lowest BCUT2D eigenvalue weighted by molar-refractivity contribution is 0.863. The molecule has 2 atom stereocenters. The Kier molecular flexibility index (Phi) is 4.07. The summed E-state index contributed by atoms with van der Waals surface area (Å²) in [5, 5.41) is 0. The molecule has 0 aliphatic rings. The summed E-state index contributed by atoms with van der Waals surface area (Å²) in [6.45, 7) is 0. The van der Waals surface area contributed by atoms with Crippen molar-refractivity contribution in [3.05, 3.63) is 60.2 Å². The van der Waals surface area contributed by atoms with Crippen molar-refractivity contribution in [1.29, 1.82) is 0 Å². The first-order valence-electron chi connectivity index (χ1n) is 4.89. The van der Waals surface area contributed by atoms with Gasteiger partial charge in [0.05, 0.1) is 21.0 Å². The number of rotatable bonds is 3. The molecule has 0 radical (unpaired) electrons. The normalized spacial score (nSPS) is 14.4. The van der Waals surface area contributed by atoms with Gasteiger partial charge >= 0.3 is 0 Å². The summed E-state index contributed by atoms with van der Waals surface area (Å²) in [4.78, 5) is 8.87. The molecule has 2 nitrogen and oxygen atoms in total. The molecule has 16 heavy (non-hydrogen) atoms. The lowest BCUT2D eigenvalue weighted by atomic mass is 10.1. The number of alkyl halides is 2. The van der Waals surface area contributed by atoms with Crippen LogP contribution in [0.3, 0.4) is 0 Å². The molecule has 0 aliphatic heterocycles. The average Bonchev–Trinajstić information content (AvgIpc) is 2.39. The molecule has 2 rings (SSSR count). The predicted octanol–water partition coefficient (Wildman–Crippen LogP) is 4.05. The van der Waals surface area contributed by atoms with E-state index >= 15 is 0 Å². The third-order valence-electron chi connectivity index (χ3n) is 2.20. The van der Waals surface area contributed by atoms with Gasteiger partial charge in [0, 0.05) is 12.4 Å². The highest BCUT2D eigenvalue weighted by molar-refractivity contribution is 9.12. The van der Waals surface area contributed by atoms with E-state index in [1.807, 2.05) is 36.4 Å². The Labute approximate surface area is 111 Å². The Balaban J connectivity index is 2.20. The molecule has 0 saturated carbocycles. The lowest BCUT2D eigenvalue weighted by Gasteiger charge is -2.15. The van der Waals surface area contributed by atoms with E-state index in [1.54, 1.807) is 12.4 Å². The van der Waals surface area contributed by atoms with Gasteiger partial charge in [-0.3, -0.25) is 9.97 Å². The van der Waals surface area contributed by atoms with Crippen LogP contribution in [0.15, 0.2) is 48.8 Å². The van der Waals surface area contributed by atoms with Crippen molar-refractivity contribution in [2.45, 2.75) is 9.65 Å². The van der Waals surface area contributed by atoms with Gasteiger partial charge in [0.1, 0.15) is 0 Å². The highest BCUT2D eigenvalue weighted by Crippen LogP contribution is 2.40. The Bertz CT molecular complexity index is 390. The van der Waals surface area contributed by atoms with Crippen molar-refractivity contribution in [3.63, 3.8) is 0 Å². The Morgan fingerprint density at radius 1 is 0.750 bits per heavy atom. The van der Waals surface area contributed by atoms with Crippen LogP contribution in [0.5, 0.6) is 0 Å². The Hall–Kier alpha value is -0.740. The molecule has 2 unspecified atom stereocenters. The van der Waals surface area contributed by atoms with Crippen LogP contribution in [0.25, 0.3) is 0 Å². The molecule has 0 aliphatic carbocycles. The van der Waals surface area contributed by atoms with Crippen LogP contribution in [-0.4, -0.2) is 9.97 Å². The number of hydrogen-bond donors (Lipinski definition) is 0. The van der Waals surface area contributed by atoms with Gasteiger partial charge in [-0.1, -0.05) is 44.0 Å². The molecule has 0 amide bonds. The molecule has 2 heterocycles. The fourth-order valence-electron chi connectivity index (χ4n) is 1.38. The van der Waals surface area contributed by atoms with E-state index in [-0.39, 0.29) is 9.65 Å². The maximum atomic E-state index is 4.32. The third-order valence-corrected chi connectivity index (χ3v) is 4.90. The average molecular weight is 342 g/mol. The molecule has 0 aromatic carbocycles. The fraction of sp³-hybridized carbons (Fsp3) is 0.167. The van der Waals surface area contributed by atoms with Crippen LogP contribution < -0.4 is 0 Å². The summed E-state index contributed by atoms with van der Waals surface area (Å²) in [5.41, 5.74) is 1.99. The van der Waals surface area contributed by atoms with Gasteiger partial charge < -0.3 is 0 Å². The maximum Gasteiger partial charge on any atom is 0.0749 e. The highest BCUT2D eigenvalue weighted by atomic mass is 79.9. The number of hydrogen-bond acceptors (Lipinski definition) is 2. The second-order valence-electron chi connectivity index (χ2n) is 3.31. The topological polar surface area (TPSA) is 25.8 Å². The maximum absolute atomic E-state index is 4.32. The van der Waals surface area contributed by atoms with Crippen LogP contribution >= 0.6 is 31.9 Å². The third kappa shape index (κ3) is 2.68. The lowest BCUT2D eigenvalue weighted by Crippen LogP contribution is -2.02. The standard InChI is InChI=1S/C12H10Br2N2/c13-11(9-5-1-3-7-15-9)12(14)10-6-2-4-8-16-10/h1-8,11-12H. The van der Waals surface area contributed by atoms with Crippen molar-refractivity contribution in [2.75, 3.05) is 0 Å². The van der Waals surface area contributed by atoms with Crippen molar-refractivity contribution < 1.29 is 0 Å². The molecule has 2 aromatic heterocycles. The van der Waals surface area contributed by atoms with Gasteiger partial charge in [0.2, 0.25) is 0 Å². The van der Waals surface area contributed by atoms with Gasteiger partial charge in [-0.2, -0.15) is 0 Å². The van der Waals surface area contributed by atoms with E-state index in [0.29, 0.717) is 0 Å². The van der Waals surface area contributed by atoms with Crippen LogP contribution in [-0.2, 0) is 0 Å². The van der Waals surface area contributed by atoms with Gasteiger partial charge in [0.25, 0.3) is 0 Å².